The molecule has 0 bridgehead atoms. The van der Waals surface area contributed by atoms with Crippen LogP contribution in [0.2, 0.25) is 0 Å². The standard InChI is InChI=1S/C29H24N2O5/c1-17(2)36-23-10-5-19(6-11-23)26-25(27(32)21-7-12-24-20(15-21)13-14-35-24)28(33)29(34)31(26)22-8-3-18(16-30)4-9-22/h3-12,15,17,26,32H,13-14H2,1-2H3/b27-25-. The van der Waals surface area contributed by atoms with Crippen molar-refractivity contribution in [3.8, 4) is 17.6 Å². The SMILES string of the molecule is CC(C)Oc1ccc(C2/C(=C(/O)c3ccc4c(c3)CCO4)C(=O)C(=O)N2c2ccc(C#N)cc2)cc1. The lowest BCUT2D eigenvalue weighted by atomic mass is 9.94. The number of benzene rings is 3. The van der Waals surface area contributed by atoms with E-state index in [-0.39, 0.29) is 17.4 Å². The van der Waals surface area contributed by atoms with Crippen molar-refractivity contribution in [2.24, 2.45) is 0 Å². The van der Waals surface area contributed by atoms with Crippen molar-refractivity contribution in [3.05, 3.63) is 94.6 Å². The molecule has 1 atom stereocenters. The number of carbonyl (C=O) groups is 2. The normalized spacial score (nSPS) is 18.2. The Hall–Kier alpha value is -4.57. The Morgan fingerprint density at radius 1 is 1.08 bits per heavy atom. The topological polar surface area (TPSA) is 99.9 Å². The first-order valence-corrected chi connectivity index (χ1v) is 11.7. The molecule has 3 aromatic carbocycles. The number of ether oxygens (including phenoxy) is 2. The van der Waals surface area contributed by atoms with Crippen LogP contribution in [0.1, 0.15) is 42.1 Å². The molecule has 1 fully saturated rings. The van der Waals surface area contributed by atoms with E-state index >= 15 is 0 Å². The maximum atomic E-state index is 13.3. The number of ketones is 1. The van der Waals surface area contributed by atoms with Gasteiger partial charge in [-0.15, -0.1) is 0 Å². The van der Waals surface area contributed by atoms with Crippen molar-refractivity contribution >= 4 is 23.1 Å². The van der Waals surface area contributed by atoms with Gasteiger partial charge < -0.3 is 14.6 Å². The summed E-state index contributed by atoms with van der Waals surface area (Å²) >= 11 is 0. The molecule has 5 rings (SSSR count). The number of rotatable bonds is 5. The van der Waals surface area contributed by atoms with Crippen LogP contribution in [-0.4, -0.2) is 29.5 Å². The Balaban J connectivity index is 1.65. The van der Waals surface area contributed by atoms with Crippen LogP contribution in [0.4, 0.5) is 5.69 Å². The summed E-state index contributed by atoms with van der Waals surface area (Å²) in [5.74, 6) is -0.365. The van der Waals surface area contributed by atoms with E-state index in [2.05, 4.69) is 6.07 Å². The highest BCUT2D eigenvalue weighted by atomic mass is 16.5. The van der Waals surface area contributed by atoms with E-state index in [1.165, 1.54) is 4.90 Å². The molecule has 0 aromatic heterocycles. The molecule has 0 aliphatic carbocycles. The fourth-order valence-electron chi connectivity index (χ4n) is 4.60. The summed E-state index contributed by atoms with van der Waals surface area (Å²) in [7, 11) is 0. The number of aliphatic hydroxyl groups excluding tert-OH is 1. The number of amides is 1. The zero-order valence-electron chi connectivity index (χ0n) is 19.9. The molecule has 1 amide bonds. The summed E-state index contributed by atoms with van der Waals surface area (Å²) in [4.78, 5) is 28.0. The van der Waals surface area contributed by atoms with Crippen molar-refractivity contribution in [2.75, 3.05) is 11.5 Å². The fourth-order valence-corrected chi connectivity index (χ4v) is 4.60. The summed E-state index contributed by atoms with van der Waals surface area (Å²) in [6.45, 7) is 4.41. The van der Waals surface area contributed by atoms with Gasteiger partial charge in [0.15, 0.2) is 0 Å². The minimum Gasteiger partial charge on any atom is -0.507 e. The van der Waals surface area contributed by atoms with Gasteiger partial charge in [-0.2, -0.15) is 5.26 Å². The van der Waals surface area contributed by atoms with Crippen LogP contribution in [0.3, 0.4) is 0 Å². The largest absolute Gasteiger partial charge is 0.507 e. The Labute approximate surface area is 208 Å². The number of fused-ring (bicyclic) bond motifs is 1. The molecule has 1 saturated heterocycles. The smallest absolute Gasteiger partial charge is 0.300 e. The molecule has 7 heteroatoms. The van der Waals surface area contributed by atoms with Gasteiger partial charge in [-0.3, -0.25) is 14.5 Å². The number of anilines is 1. The van der Waals surface area contributed by atoms with Crippen LogP contribution in [0.5, 0.6) is 11.5 Å². The molecule has 180 valence electrons. The highest BCUT2D eigenvalue weighted by molar-refractivity contribution is 6.51. The molecule has 36 heavy (non-hydrogen) atoms. The van der Waals surface area contributed by atoms with Crippen molar-refractivity contribution in [1.82, 2.24) is 0 Å². The lowest BCUT2D eigenvalue weighted by Gasteiger charge is -2.25. The third-order valence-electron chi connectivity index (χ3n) is 6.25. The zero-order chi connectivity index (χ0) is 25.4. The van der Waals surface area contributed by atoms with E-state index in [9.17, 15) is 14.7 Å². The molecule has 3 aromatic rings. The molecule has 2 heterocycles. The lowest BCUT2D eigenvalue weighted by molar-refractivity contribution is -0.132. The Kier molecular flexibility index (Phi) is 5.95. The highest BCUT2D eigenvalue weighted by Crippen LogP contribution is 2.43. The molecule has 0 radical (unpaired) electrons. The minimum atomic E-state index is -0.865. The average molecular weight is 481 g/mol. The van der Waals surface area contributed by atoms with Crippen molar-refractivity contribution in [2.45, 2.75) is 32.4 Å². The van der Waals surface area contributed by atoms with Crippen LogP contribution in [-0.2, 0) is 16.0 Å². The van der Waals surface area contributed by atoms with Gasteiger partial charge in [-0.05, 0) is 79.6 Å². The maximum absolute atomic E-state index is 13.3. The first-order chi connectivity index (χ1) is 17.4. The van der Waals surface area contributed by atoms with Gasteiger partial charge >= 0.3 is 0 Å². The van der Waals surface area contributed by atoms with Gasteiger partial charge in [-0.1, -0.05) is 12.1 Å². The van der Waals surface area contributed by atoms with Crippen molar-refractivity contribution in [1.29, 1.82) is 5.26 Å². The number of nitriles is 1. The number of Topliss-reactive ketones (excluding diaryl/α,β-unsaturated/α-hetero) is 1. The quantitative estimate of drug-likeness (QED) is 0.317. The number of hydrogen-bond acceptors (Lipinski definition) is 6. The van der Waals surface area contributed by atoms with Gasteiger partial charge in [0.25, 0.3) is 11.7 Å². The maximum Gasteiger partial charge on any atom is 0.300 e. The van der Waals surface area contributed by atoms with Gasteiger partial charge in [0.05, 0.1) is 36.0 Å². The first-order valence-electron chi connectivity index (χ1n) is 11.7. The Bertz CT molecular complexity index is 1420. The fraction of sp³-hybridized carbons (Fsp3) is 0.207. The van der Waals surface area contributed by atoms with E-state index in [0.717, 1.165) is 11.3 Å². The summed E-state index contributed by atoms with van der Waals surface area (Å²) < 4.78 is 11.3. The van der Waals surface area contributed by atoms with Crippen LogP contribution in [0, 0.1) is 11.3 Å². The van der Waals surface area contributed by atoms with Crippen LogP contribution < -0.4 is 14.4 Å². The van der Waals surface area contributed by atoms with Gasteiger partial charge in [0.2, 0.25) is 0 Å². The summed E-state index contributed by atoms with van der Waals surface area (Å²) in [5.41, 5.74) is 2.91. The van der Waals surface area contributed by atoms with E-state index < -0.39 is 17.7 Å². The molecule has 1 unspecified atom stereocenters. The lowest BCUT2D eigenvalue weighted by Crippen LogP contribution is -2.29. The molecular formula is C29H24N2O5. The van der Waals surface area contributed by atoms with Crippen molar-refractivity contribution in [3.63, 3.8) is 0 Å². The second-order valence-corrected chi connectivity index (χ2v) is 8.98. The van der Waals surface area contributed by atoms with Crippen molar-refractivity contribution < 1.29 is 24.2 Å². The molecule has 2 aliphatic rings. The zero-order valence-corrected chi connectivity index (χ0v) is 19.9. The first kappa shape index (κ1) is 23.2. The summed E-state index contributed by atoms with van der Waals surface area (Å²) in [6.07, 6.45) is 0.695. The molecule has 1 N–H and O–H groups in total. The molecule has 2 aliphatic heterocycles. The van der Waals surface area contributed by atoms with Crippen LogP contribution in [0.15, 0.2) is 72.3 Å². The molecule has 7 nitrogen and oxygen atoms in total. The third-order valence-corrected chi connectivity index (χ3v) is 6.25. The van der Waals surface area contributed by atoms with E-state index in [4.69, 9.17) is 14.7 Å². The number of aliphatic hydroxyl groups is 1. The van der Waals surface area contributed by atoms with E-state index in [1.54, 1.807) is 66.7 Å². The van der Waals surface area contributed by atoms with Crippen LogP contribution >= 0.6 is 0 Å². The predicted octanol–water partition coefficient (Wildman–Crippen LogP) is 4.91. The number of nitrogens with zero attached hydrogens (tertiary/aromatic N) is 2. The molecule has 0 saturated carbocycles. The number of carbonyl (C=O) groups excluding carboxylic acids is 2. The second kappa shape index (κ2) is 9.23. The monoisotopic (exact) mass is 480 g/mol. The summed E-state index contributed by atoms with van der Waals surface area (Å²) in [5, 5.41) is 20.5. The predicted molar refractivity (Wildman–Crippen MR) is 134 cm³/mol. The number of hydrogen-bond donors (Lipinski definition) is 1. The van der Waals surface area contributed by atoms with Gasteiger partial charge in [0, 0.05) is 17.7 Å². The van der Waals surface area contributed by atoms with Gasteiger partial charge in [-0.25, -0.2) is 0 Å². The Morgan fingerprint density at radius 3 is 2.47 bits per heavy atom. The van der Waals surface area contributed by atoms with E-state index in [1.807, 2.05) is 13.8 Å². The molecular weight excluding hydrogens is 456 g/mol. The molecule has 0 spiro atoms. The minimum absolute atomic E-state index is 0.000697. The van der Waals surface area contributed by atoms with E-state index in [0.29, 0.717) is 41.2 Å². The summed E-state index contributed by atoms with van der Waals surface area (Å²) in [6, 6.07) is 20.0. The average Bonchev–Trinajstić information content (AvgIpc) is 3.46. The Morgan fingerprint density at radius 2 is 1.81 bits per heavy atom. The van der Waals surface area contributed by atoms with Crippen LogP contribution in [0.25, 0.3) is 5.76 Å². The highest BCUT2D eigenvalue weighted by Gasteiger charge is 2.47. The third kappa shape index (κ3) is 4.07. The van der Waals surface area contributed by atoms with Gasteiger partial charge in [0.1, 0.15) is 17.3 Å². The second-order valence-electron chi connectivity index (χ2n) is 8.98.